The van der Waals surface area contributed by atoms with Crippen molar-refractivity contribution in [2.45, 2.75) is 0 Å². The minimum Gasteiger partial charge on any atom is -0.423 e. The maximum Gasteiger partial charge on any atom is 0.300 e. The molecule has 0 atom stereocenters. The third kappa shape index (κ3) is 3.37. The maximum absolute atomic E-state index is 14.0. The zero-order valence-corrected chi connectivity index (χ0v) is 23.1. The highest BCUT2D eigenvalue weighted by molar-refractivity contribution is 6.34. The van der Waals surface area contributed by atoms with Crippen LogP contribution in [0.5, 0.6) is 0 Å². The molecule has 2 aromatic heterocycles. The first kappa shape index (κ1) is 25.1. The van der Waals surface area contributed by atoms with Crippen LogP contribution in [0, 0.1) is 0 Å². The molecule has 9 heteroatoms. The van der Waals surface area contributed by atoms with E-state index >= 15 is 0 Å². The molecule has 5 aromatic carbocycles. The quantitative estimate of drug-likeness (QED) is 0.231. The molecule has 2 aliphatic carbocycles. The molecule has 7 aromatic rings. The summed E-state index contributed by atoms with van der Waals surface area (Å²) in [6.45, 7) is 0. The summed E-state index contributed by atoms with van der Waals surface area (Å²) in [6.07, 6.45) is 0. The number of aromatic amines is 1. The molecule has 2 N–H and O–H groups in total. The second-order valence-corrected chi connectivity index (χ2v) is 11.0. The number of rotatable bonds is 2. The molecule has 0 radical (unpaired) electrons. The lowest BCUT2D eigenvalue weighted by atomic mass is 9.81. The van der Waals surface area contributed by atoms with Crippen molar-refractivity contribution in [3.8, 4) is 0 Å². The van der Waals surface area contributed by atoms with Crippen molar-refractivity contribution in [1.29, 1.82) is 0 Å². The molecule has 45 heavy (non-hydrogen) atoms. The summed E-state index contributed by atoms with van der Waals surface area (Å²) < 4.78 is 5.98. The van der Waals surface area contributed by atoms with Crippen LogP contribution in [0.2, 0.25) is 0 Å². The number of pyridine rings is 1. The van der Waals surface area contributed by atoms with Crippen molar-refractivity contribution >= 4 is 67.7 Å². The molecule has 2 heterocycles. The van der Waals surface area contributed by atoms with Crippen molar-refractivity contribution in [3.05, 3.63) is 146 Å². The average Bonchev–Trinajstić information content (AvgIpc) is 3.46. The Morgan fingerprint density at radius 2 is 1.16 bits per heavy atom. The number of nitrogens with one attached hydrogen (secondary N) is 2. The van der Waals surface area contributed by atoms with E-state index in [4.69, 9.17) is 4.42 Å². The summed E-state index contributed by atoms with van der Waals surface area (Å²) in [7, 11) is 0. The van der Waals surface area contributed by atoms with Gasteiger partial charge in [0.15, 0.2) is 34.1 Å². The number of aromatic nitrogens is 2. The van der Waals surface area contributed by atoms with Gasteiger partial charge in [-0.3, -0.25) is 24.0 Å². The summed E-state index contributed by atoms with van der Waals surface area (Å²) in [4.78, 5) is 75.8. The molecule has 0 unspecified atom stereocenters. The highest BCUT2D eigenvalue weighted by atomic mass is 16.4. The molecule has 0 spiro atoms. The number of ketones is 4. The zero-order chi connectivity index (χ0) is 30.6. The van der Waals surface area contributed by atoms with E-state index in [0.29, 0.717) is 27.5 Å². The molecule has 9 rings (SSSR count). The molecule has 212 valence electrons. The van der Waals surface area contributed by atoms with Crippen molar-refractivity contribution in [3.63, 3.8) is 0 Å². The number of fused-ring (bicyclic) bond motifs is 8. The van der Waals surface area contributed by atoms with Crippen molar-refractivity contribution in [1.82, 2.24) is 9.97 Å². The lowest BCUT2D eigenvalue weighted by Gasteiger charge is -2.22. The Hall–Kier alpha value is -6.48. The predicted octanol–water partition coefficient (Wildman–Crippen LogP) is 6.12. The van der Waals surface area contributed by atoms with Crippen LogP contribution in [0.4, 0.5) is 11.7 Å². The van der Waals surface area contributed by atoms with Gasteiger partial charge in [-0.15, -0.1) is 0 Å². The zero-order valence-electron chi connectivity index (χ0n) is 23.1. The molecule has 9 nitrogen and oxygen atoms in total. The topological polar surface area (TPSA) is 139 Å². The Bertz CT molecular complexity index is 2550. The van der Waals surface area contributed by atoms with Gasteiger partial charge in [-0.1, -0.05) is 60.7 Å². The first-order valence-corrected chi connectivity index (χ1v) is 14.1. The second kappa shape index (κ2) is 8.77. The summed E-state index contributed by atoms with van der Waals surface area (Å²) in [5.41, 5.74) is 2.85. The Balaban J connectivity index is 1.25. The van der Waals surface area contributed by atoms with Gasteiger partial charge in [-0.25, -0.2) is 0 Å². The van der Waals surface area contributed by atoms with Crippen molar-refractivity contribution in [2.75, 3.05) is 5.32 Å². The van der Waals surface area contributed by atoms with Crippen molar-refractivity contribution in [2.24, 2.45) is 0 Å². The van der Waals surface area contributed by atoms with Crippen molar-refractivity contribution < 1.29 is 23.6 Å². The molecule has 0 amide bonds. The molecular weight excluding hydrogens is 570 g/mol. The van der Waals surface area contributed by atoms with Gasteiger partial charge in [0.25, 0.3) is 6.01 Å². The van der Waals surface area contributed by atoms with E-state index in [0.717, 1.165) is 0 Å². The summed E-state index contributed by atoms with van der Waals surface area (Å²) >= 11 is 0. The highest BCUT2D eigenvalue weighted by Crippen LogP contribution is 2.38. The van der Waals surface area contributed by atoms with Gasteiger partial charge in [0, 0.05) is 49.7 Å². The number of nitrogens with zero attached hydrogens (tertiary/aromatic N) is 1. The number of carbonyl (C=O) groups excluding carboxylic acids is 4. The van der Waals surface area contributed by atoms with E-state index in [1.807, 2.05) is 0 Å². The number of para-hydroxylation sites is 1. The van der Waals surface area contributed by atoms with Gasteiger partial charge in [-0.2, -0.15) is 4.98 Å². The standard InChI is InChI=1S/C36H17N3O6/c40-31-16-7-1-2-8-17(16)32(41)22-15-27-25(13-21(22)31)38-36(45-27)39-26-14-23-30(37-24-12-6-5-11-20(24)33(23)42)29-28(26)34(43)18-9-3-4-10-19(18)35(29)44/h1-15H,(H,37,42)(H,38,39). The lowest BCUT2D eigenvalue weighted by Crippen LogP contribution is -2.24. The van der Waals surface area contributed by atoms with Crippen LogP contribution < -0.4 is 10.7 Å². The Morgan fingerprint density at radius 3 is 1.84 bits per heavy atom. The monoisotopic (exact) mass is 587 g/mol. The molecule has 0 saturated heterocycles. The van der Waals surface area contributed by atoms with Crippen LogP contribution in [0.3, 0.4) is 0 Å². The normalized spacial score (nSPS) is 13.6. The minimum atomic E-state index is -0.404. The number of carbonyl (C=O) groups is 4. The Labute approximate surface area is 252 Å². The number of anilines is 2. The largest absolute Gasteiger partial charge is 0.423 e. The van der Waals surface area contributed by atoms with Crippen LogP contribution in [-0.2, 0) is 0 Å². The minimum absolute atomic E-state index is 0.0531. The van der Waals surface area contributed by atoms with Gasteiger partial charge in [0.1, 0.15) is 5.52 Å². The number of oxazole rings is 1. The first-order chi connectivity index (χ1) is 21.9. The van der Waals surface area contributed by atoms with Crippen LogP contribution in [0.15, 0.2) is 100 Å². The molecule has 2 aliphatic rings. The number of H-pyrrole nitrogens is 1. The Morgan fingerprint density at radius 1 is 0.578 bits per heavy atom. The molecule has 0 saturated carbocycles. The van der Waals surface area contributed by atoms with E-state index in [2.05, 4.69) is 15.3 Å². The first-order valence-electron chi connectivity index (χ1n) is 14.1. The third-order valence-corrected chi connectivity index (χ3v) is 8.55. The smallest absolute Gasteiger partial charge is 0.300 e. The summed E-state index contributed by atoms with van der Waals surface area (Å²) in [6, 6.07) is 24.6. The Kier molecular flexibility index (Phi) is 4.89. The van der Waals surface area contributed by atoms with E-state index in [1.165, 1.54) is 18.2 Å². The van der Waals surface area contributed by atoms with Gasteiger partial charge in [0.2, 0.25) is 0 Å². The van der Waals surface area contributed by atoms with Gasteiger partial charge >= 0.3 is 0 Å². The number of hydrogen-bond acceptors (Lipinski definition) is 8. The van der Waals surface area contributed by atoms with Crippen LogP contribution in [0.25, 0.3) is 32.9 Å². The van der Waals surface area contributed by atoms with E-state index < -0.39 is 11.6 Å². The highest BCUT2D eigenvalue weighted by Gasteiger charge is 2.35. The van der Waals surface area contributed by atoms with E-state index in [1.54, 1.807) is 72.8 Å². The number of hydrogen-bond donors (Lipinski definition) is 2. The van der Waals surface area contributed by atoms with Crippen LogP contribution in [-0.4, -0.2) is 33.1 Å². The molecular formula is C36H17N3O6. The average molecular weight is 588 g/mol. The van der Waals surface area contributed by atoms with E-state index in [9.17, 15) is 24.0 Å². The fourth-order valence-corrected chi connectivity index (χ4v) is 6.46. The summed E-state index contributed by atoms with van der Waals surface area (Å²) in [5, 5.41) is 3.66. The third-order valence-electron chi connectivity index (χ3n) is 8.55. The lowest BCUT2D eigenvalue weighted by molar-refractivity contribution is 0.0979. The molecule has 0 aliphatic heterocycles. The SMILES string of the molecule is O=C1c2ccccc2C(=O)c2cc3oc(Nc4cc5c(=O)c6ccccc6[nH]c5c5c4C(=O)c4ccccc4C5=O)nc3cc21. The number of benzene rings is 5. The van der Waals surface area contributed by atoms with Gasteiger partial charge in [0.05, 0.1) is 22.3 Å². The van der Waals surface area contributed by atoms with E-state index in [-0.39, 0.29) is 78.6 Å². The molecule has 0 bridgehead atoms. The maximum atomic E-state index is 14.0. The summed E-state index contributed by atoms with van der Waals surface area (Å²) in [5.74, 6) is -1.40. The fourth-order valence-electron chi connectivity index (χ4n) is 6.46. The predicted molar refractivity (Wildman–Crippen MR) is 166 cm³/mol. The molecule has 0 fully saturated rings. The van der Waals surface area contributed by atoms with Gasteiger partial charge < -0.3 is 14.7 Å². The van der Waals surface area contributed by atoms with Crippen LogP contribution >= 0.6 is 0 Å². The fraction of sp³-hybridized carbons (Fsp3) is 0. The van der Waals surface area contributed by atoms with Crippen LogP contribution in [0.1, 0.15) is 63.7 Å². The van der Waals surface area contributed by atoms with Gasteiger partial charge in [-0.05, 0) is 30.3 Å². The second-order valence-electron chi connectivity index (χ2n) is 11.0.